The fraction of sp³-hybridized carbons (Fsp3) is 0.259. The van der Waals surface area contributed by atoms with E-state index in [0.717, 1.165) is 18.4 Å². The lowest BCUT2D eigenvalue weighted by Gasteiger charge is -2.13. The Morgan fingerprint density at radius 1 is 0.970 bits per heavy atom. The first-order valence-corrected chi connectivity index (χ1v) is 10.7. The van der Waals surface area contributed by atoms with Crippen molar-refractivity contribution in [2.45, 2.75) is 33.6 Å². The number of fused-ring (bicyclic) bond motifs is 1. The molecule has 0 atom stereocenters. The summed E-state index contributed by atoms with van der Waals surface area (Å²) in [5.41, 5.74) is 2.18. The van der Waals surface area contributed by atoms with E-state index >= 15 is 0 Å². The number of esters is 1. The number of ether oxygens (including phenoxy) is 3. The maximum absolute atomic E-state index is 12.8. The Morgan fingerprint density at radius 3 is 2.42 bits per heavy atom. The average molecular weight is 449 g/mol. The lowest BCUT2D eigenvalue weighted by molar-refractivity contribution is 0.0730. The fourth-order valence-corrected chi connectivity index (χ4v) is 3.22. The number of hydrogen-bond acceptors (Lipinski definition) is 6. The molecule has 33 heavy (non-hydrogen) atoms. The van der Waals surface area contributed by atoms with Crippen LogP contribution in [0.2, 0.25) is 0 Å². The van der Waals surface area contributed by atoms with Gasteiger partial charge in [-0.2, -0.15) is 0 Å². The number of methoxy groups -OCH3 is 1. The summed E-state index contributed by atoms with van der Waals surface area (Å²) in [6, 6.07) is 13.6. The SMILES string of the molecule is COc1cccc2c(OC(=O)c3ccccc3)c(OCC=C(C)CCC=C(C)C)c(=O)oc12. The lowest BCUT2D eigenvalue weighted by atomic mass is 10.1. The Bertz CT molecular complexity index is 1230. The molecule has 6 nitrogen and oxygen atoms in total. The van der Waals surface area contributed by atoms with Crippen molar-refractivity contribution >= 4 is 16.9 Å². The highest BCUT2D eigenvalue weighted by Gasteiger charge is 2.23. The van der Waals surface area contributed by atoms with E-state index in [0.29, 0.717) is 16.7 Å². The highest BCUT2D eigenvalue weighted by atomic mass is 16.6. The largest absolute Gasteiger partial charge is 0.493 e. The normalized spacial score (nSPS) is 11.2. The van der Waals surface area contributed by atoms with Crippen molar-refractivity contribution in [2.24, 2.45) is 0 Å². The van der Waals surface area contributed by atoms with Crippen LogP contribution < -0.4 is 19.8 Å². The van der Waals surface area contributed by atoms with Gasteiger partial charge in [-0.1, -0.05) is 41.5 Å². The van der Waals surface area contributed by atoms with Crippen LogP contribution in [0.25, 0.3) is 11.0 Å². The van der Waals surface area contributed by atoms with Crippen LogP contribution in [-0.2, 0) is 0 Å². The molecule has 0 bridgehead atoms. The van der Waals surface area contributed by atoms with E-state index in [1.54, 1.807) is 48.5 Å². The standard InChI is InChI=1S/C27H28O6/c1-18(2)10-8-11-19(3)16-17-31-25-24(33-26(28)20-12-6-5-7-13-20)21-14-9-15-22(30-4)23(21)32-27(25)29/h5-7,9-10,12-16H,8,11,17H2,1-4H3. The number of allylic oxidation sites excluding steroid dienone is 3. The van der Waals surface area contributed by atoms with E-state index < -0.39 is 11.6 Å². The van der Waals surface area contributed by atoms with E-state index in [2.05, 4.69) is 19.9 Å². The van der Waals surface area contributed by atoms with Gasteiger partial charge in [0.25, 0.3) is 0 Å². The van der Waals surface area contributed by atoms with E-state index in [9.17, 15) is 9.59 Å². The second-order valence-electron chi connectivity index (χ2n) is 7.82. The third kappa shape index (κ3) is 6.13. The maximum Gasteiger partial charge on any atom is 0.383 e. The molecule has 0 unspecified atom stereocenters. The van der Waals surface area contributed by atoms with Crippen molar-refractivity contribution < 1.29 is 23.4 Å². The molecule has 0 radical (unpaired) electrons. The summed E-state index contributed by atoms with van der Waals surface area (Å²) in [5.74, 6) is -0.412. The molecule has 2 aromatic carbocycles. The molecule has 0 saturated heterocycles. The van der Waals surface area contributed by atoms with Crippen LogP contribution in [0, 0.1) is 0 Å². The predicted octanol–water partition coefficient (Wildman–Crippen LogP) is 6.09. The quantitative estimate of drug-likeness (QED) is 0.224. The van der Waals surface area contributed by atoms with Crippen LogP contribution in [0.15, 0.2) is 81.0 Å². The van der Waals surface area contributed by atoms with Gasteiger partial charge in [-0.3, -0.25) is 0 Å². The Balaban J connectivity index is 1.95. The Labute approximate surface area is 193 Å². The molecule has 0 saturated carbocycles. The van der Waals surface area contributed by atoms with Gasteiger partial charge in [-0.15, -0.1) is 0 Å². The van der Waals surface area contributed by atoms with Crippen molar-refractivity contribution in [1.29, 1.82) is 0 Å². The average Bonchev–Trinajstić information content (AvgIpc) is 2.80. The van der Waals surface area contributed by atoms with Gasteiger partial charge in [0.15, 0.2) is 17.1 Å². The fourth-order valence-electron chi connectivity index (χ4n) is 3.22. The second-order valence-corrected chi connectivity index (χ2v) is 7.82. The van der Waals surface area contributed by atoms with E-state index in [4.69, 9.17) is 18.6 Å². The first-order chi connectivity index (χ1) is 15.9. The molecular formula is C27H28O6. The van der Waals surface area contributed by atoms with Crippen LogP contribution in [0.5, 0.6) is 17.2 Å². The van der Waals surface area contributed by atoms with Crippen LogP contribution in [-0.4, -0.2) is 19.7 Å². The van der Waals surface area contributed by atoms with E-state index in [1.165, 1.54) is 12.7 Å². The Hall–Kier alpha value is -3.80. The zero-order valence-corrected chi connectivity index (χ0v) is 19.3. The first kappa shape index (κ1) is 23.9. The summed E-state index contributed by atoms with van der Waals surface area (Å²) in [6.07, 6.45) is 5.89. The summed E-state index contributed by atoms with van der Waals surface area (Å²) in [4.78, 5) is 25.6. The minimum atomic E-state index is -0.751. The number of para-hydroxylation sites is 1. The molecule has 172 valence electrons. The number of carbonyl (C=O) groups excluding carboxylic acids is 1. The van der Waals surface area contributed by atoms with Crippen molar-refractivity contribution in [1.82, 2.24) is 0 Å². The van der Waals surface area contributed by atoms with Crippen LogP contribution in [0.4, 0.5) is 0 Å². The summed E-state index contributed by atoms with van der Waals surface area (Å²) in [6.45, 7) is 6.27. The van der Waals surface area contributed by atoms with Gasteiger partial charge in [-0.05, 0) is 64.0 Å². The van der Waals surface area contributed by atoms with Gasteiger partial charge in [-0.25, -0.2) is 9.59 Å². The van der Waals surface area contributed by atoms with Crippen LogP contribution in [0.3, 0.4) is 0 Å². The van der Waals surface area contributed by atoms with Crippen LogP contribution in [0.1, 0.15) is 44.0 Å². The number of benzene rings is 2. The molecule has 0 aliphatic rings. The minimum absolute atomic E-state index is 0.00426. The van der Waals surface area contributed by atoms with Gasteiger partial charge in [0.05, 0.1) is 18.1 Å². The molecule has 0 spiro atoms. The smallest absolute Gasteiger partial charge is 0.383 e. The topological polar surface area (TPSA) is 75.0 Å². The van der Waals surface area contributed by atoms with Crippen LogP contribution >= 0.6 is 0 Å². The third-order valence-corrected chi connectivity index (χ3v) is 4.98. The summed E-state index contributed by atoms with van der Waals surface area (Å²) >= 11 is 0. The molecule has 1 heterocycles. The van der Waals surface area contributed by atoms with Gasteiger partial charge in [0.1, 0.15) is 6.61 Å². The van der Waals surface area contributed by atoms with E-state index in [-0.39, 0.29) is 23.7 Å². The molecule has 0 aliphatic heterocycles. The highest BCUT2D eigenvalue weighted by molar-refractivity contribution is 5.96. The summed E-state index contributed by atoms with van der Waals surface area (Å²) < 4.78 is 22.2. The van der Waals surface area contributed by atoms with Gasteiger partial charge in [0.2, 0.25) is 5.75 Å². The second kappa shape index (κ2) is 11.2. The lowest BCUT2D eigenvalue weighted by Crippen LogP contribution is -2.15. The zero-order chi connectivity index (χ0) is 23.8. The zero-order valence-electron chi connectivity index (χ0n) is 19.3. The van der Waals surface area contributed by atoms with Gasteiger partial charge < -0.3 is 18.6 Å². The van der Waals surface area contributed by atoms with Crippen molar-refractivity contribution in [3.8, 4) is 17.2 Å². The minimum Gasteiger partial charge on any atom is -0.493 e. The summed E-state index contributed by atoms with van der Waals surface area (Å²) in [5, 5.41) is 0.400. The molecule has 0 amide bonds. The molecule has 3 aromatic rings. The predicted molar refractivity (Wildman–Crippen MR) is 128 cm³/mol. The maximum atomic E-state index is 12.8. The Kier molecular flexibility index (Phi) is 8.08. The first-order valence-electron chi connectivity index (χ1n) is 10.7. The van der Waals surface area contributed by atoms with Crippen molar-refractivity contribution in [3.05, 3.63) is 87.8 Å². The van der Waals surface area contributed by atoms with Gasteiger partial charge >= 0.3 is 11.6 Å². The number of rotatable bonds is 9. The van der Waals surface area contributed by atoms with Gasteiger partial charge in [0, 0.05) is 0 Å². The molecule has 0 N–H and O–H groups in total. The Morgan fingerprint density at radius 2 is 1.73 bits per heavy atom. The third-order valence-electron chi connectivity index (χ3n) is 4.98. The monoisotopic (exact) mass is 448 g/mol. The molecule has 3 rings (SSSR count). The molecular weight excluding hydrogens is 420 g/mol. The number of carbonyl (C=O) groups is 1. The van der Waals surface area contributed by atoms with Crippen molar-refractivity contribution in [3.63, 3.8) is 0 Å². The molecule has 0 aliphatic carbocycles. The molecule has 6 heteroatoms. The number of hydrogen-bond donors (Lipinski definition) is 0. The van der Waals surface area contributed by atoms with E-state index in [1.807, 2.05) is 13.0 Å². The van der Waals surface area contributed by atoms with Crippen molar-refractivity contribution in [2.75, 3.05) is 13.7 Å². The molecule has 0 fully saturated rings. The molecule has 1 aromatic heterocycles. The summed E-state index contributed by atoms with van der Waals surface area (Å²) in [7, 11) is 1.47. The highest BCUT2D eigenvalue weighted by Crippen LogP contribution is 2.37.